The molecule has 1 rings (SSSR count). The van der Waals surface area contributed by atoms with E-state index in [1.165, 1.54) is 101 Å². The van der Waals surface area contributed by atoms with E-state index >= 15 is 0 Å². The number of ketones is 3. The first-order chi connectivity index (χ1) is 46.4. The lowest BCUT2D eigenvalue weighted by molar-refractivity contribution is -0.142. The number of methoxy groups -OCH3 is 4. The van der Waals surface area contributed by atoms with Crippen LogP contribution < -0.4 is 22.4 Å². The minimum Gasteiger partial charge on any atom is -0.469 e. The van der Waals surface area contributed by atoms with Gasteiger partial charge in [-0.05, 0) is 72.7 Å². The highest BCUT2D eigenvalue weighted by atomic mass is 32.2. The number of nitrogens with zero attached hydrogens (tertiary/aromatic N) is 8. The van der Waals surface area contributed by atoms with Crippen molar-refractivity contribution < 1.29 is 84.3 Å². The number of hydrogen-bond acceptors (Lipinski definition) is 26. The van der Waals surface area contributed by atoms with Gasteiger partial charge in [0.05, 0.1) is 33.8 Å². The van der Waals surface area contributed by atoms with Crippen LogP contribution in [0.4, 0.5) is 4.79 Å². The third-order valence-corrected chi connectivity index (χ3v) is 7.01. The average molecular weight is 1540 g/mol. The van der Waals surface area contributed by atoms with Gasteiger partial charge in [0, 0.05) is 137 Å². The summed E-state index contributed by atoms with van der Waals surface area (Å²) in [6.45, 7) is 43.3. The van der Waals surface area contributed by atoms with Crippen LogP contribution in [0.1, 0.15) is 210 Å². The molecule has 30 nitrogen and oxygen atoms in total. The van der Waals surface area contributed by atoms with Crippen molar-refractivity contribution >= 4 is 97.8 Å². The van der Waals surface area contributed by atoms with Crippen LogP contribution in [-0.2, 0) is 109 Å². The molecule has 1 N–H and O–H groups in total. The number of Topliss-reactive ketones (excluding diaryl/α,β-unsaturated/α-hetero) is 3. The first-order valence-electron chi connectivity index (χ1n) is 32.5. The van der Waals surface area contributed by atoms with Gasteiger partial charge in [0.25, 0.3) is 0 Å². The van der Waals surface area contributed by atoms with Crippen LogP contribution in [0, 0.1) is 11.3 Å². The Bertz CT molecular complexity index is 2400. The fraction of sp³-hybridized carbons (Fsp3) is 0.797. The number of rotatable bonds is 12. The van der Waals surface area contributed by atoms with Crippen LogP contribution in [0.2, 0.25) is 0 Å². The summed E-state index contributed by atoms with van der Waals surface area (Å²) < 4.78 is 48.3. The normalized spacial score (nSPS) is 8.79. The highest BCUT2D eigenvalue weighted by Crippen LogP contribution is 2.08. The highest BCUT2D eigenvalue weighted by molar-refractivity contribution is 7.97. The lowest BCUT2D eigenvalue weighted by Gasteiger charge is -2.12. The first kappa shape index (κ1) is 138. The summed E-state index contributed by atoms with van der Waals surface area (Å²) in [6.07, 6.45) is 19.6. The number of hydrogen-bond donors (Lipinski definition) is 1. The minimum atomic E-state index is -2.67. The van der Waals surface area contributed by atoms with Crippen LogP contribution in [0.15, 0.2) is 29.4 Å². The fourth-order valence-corrected chi connectivity index (χ4v) is 2.78. The van der Waals surface area contributed by atoms with Crippen LogP contribution in [0.5, 0.6) is 0 Å². The zero-order chi connectivity index (χ0) is 86.1. The largest absolute Gasteiger partial charge is 0.469 e. The Balaban J connectivity index is -0.0000000508. The van der Waals surface area contributed by atoms with Crippen LogP contribution in [0.25, 0.3) is 0 Å². The molecule has 0 saturated heterocycles. The molecular weight excluding hydrogens is 1390 g/mol. The highest BCUT2D eigenvalue weighted by Gasteiger charge is 2.12. The molecule has 1 aromatic heterocycles. The quantitative estimate of drug-likeness (QED) is 0.0668. The van der Waals surface area contributed by atoms with Crippen LogP contribution in [0.3, 0.4) is 0 Å². The Hall–Kier alpha value is -6.72. The van der Waals surface area contributed by atoms with Gasteiger partial charge in [0.2, 0.25) is 24.1 Å². The second-order valence-corrected chi connectivity index (χ2v) is 27.3. The lowest BCUT2D eigenvalue weighted by Crippen LogP contribution is -2.51. The molecular formula is C69H147N9O21S3. The van der Waals surface area contributed by atoms with Gasteiger partial charge in [-0.2, -0.15) is 16.8 Å². The number of aliphatic imine (C=N–C) groups is 3. The second kappa shape index (κ2) is 108. The standard InChI is InChI=1S/C7H12O2.C6H9N3O3.C6H12N2O2.C5H7NO3.C5H10O.C5H12.C4H7NO.C4H8O2.C4H10.C3H5NO.C3H9N.C3H6O2.2C3H8.C2H6O2S.C2H6OS.C2H6O.C2H6S/c1-3-6(8)5-7(9)4-2;1-7-4(10)8(2)6(12)9(3)5(7)11;1-4-5(9)8(3)6(10)7-2;1-4(6-3-7)5(8)9-2;1-3-5(6)4-2;1-5(2,3)4;1-4(2)5-3-6;1-3-4(5)6-2;1-4(2)3;1-2-4-3-5;1-4(2)3;1-3(4)5-2;2*1-3-2;1-5(2,3)4;1-4(2)3;2*1-3-2/h3-5H2,1-2H3;1-3H3;4H2,1-3H3,(H,7,10);4H,1-2H3;3-4H2,1-2H3;1-4H3;4H,1-2H3;3H2,1-2H3;4H,1-3H3;2H2,1H3;1-3H3;1-2H3;2*3H2,1-2H3;1-2H3;1-2H3;2*1-2H3. The molecule has 0 aromatic carbocycles. The smallest absolute Gasteiger partial charge is 0.335 e. The maximum Gasteiger partial charge on any atom is 0.335 e. The van der Waals surface area contributed by atoms with Gasteiger partial charge in [-0.1, -0.05) is 131 Å². The Morgan fingerprint density at radius 3 is 0.922 bits per heavy atom. The summed E-state index contributed by atoms with van der Waals surface area (Å²) >= 11 is 1.75. The van der Waals surface area contributed by atoms with Crippen molar-refractivity contribution in [2.24, 2.45) is 47.5 Å². The van der Waals surface area contributed by atoms with E-state index in [-0.39, 0.29) is 47.9 Å². The van der Waals surface area contributed by atoms with E-state index < -0.39 is 49.7 Å². The third-order valence-electron chi connectivity index (χ3n) is 7.01. The molecule has 0 bridgehead atoms. The molecule has 33 heteroatoms. The van der Waals surface area contributed by atoms with E-state index in [0.717, 1.165) is 37.0 Å². The summed E-state index contributed by atoms with van der Waals surface area (Å²) in [5.74, 6) is 0.149. The van der Waals surface area contributed by atoms with Gasteiger partial charge < -0.3 is 29.2 Å². The summed E-state index contributed by atoms with van der Waals surface area (Å²) in [5, 5.41) is 2.35. The molecule has 0 saturated carbocycles. The van der Waals surface area contributed by atoms with Crippen molar-refractivity contribution in [3.8, 4) is 0 Å². The van der Waals surface area contributed by atoms with E-state index in [4.69, 9.17) is 4.79 Å². The van der Waals surface area contributed by atoms with E-state index in [0.29, 0.717) is 56.3 Å². The number of imide groups is 1. The predicted octanol–water partition coefficient (Wildman–Crippen LogP) is 10.0. The Morgan fingerprint density at radius 2 is 0.824 bits per heavy atom. The minimum absolute atomic E-state index is 0.0434. The molecule has 0 aliphatic rings. The predicted molar refractivity (Wildman–Crippen MR) is 422 cm³/mol. The Morgan fingerprint density at radius 1 is 0.578 bits per heavy atom. The number of carbonyl (C=O) groups excluding carboxylic acids is 11. The summed E-state index contributed by atoms with van der Waals surface area (Å²) in [4.78, 5) is 157. The van der Waals surface area contributed by atoms with E-state index in [1.807, 2.05) is 66.2 Å². The van der Waals surface area contributed by atoms with E-state index in [2.05, 4.69) is 115 Å². The number of esters is 3. The number of carbonyl (C=O) groups is 8. The molecule has 3 amide bonds. The number of isocyanates is 3. The molecule has 0 spiro atoms. The van der Waals surface area contributed by atoms with Gasteiger partial charge in [0.15, 0.2) is 6.04 Å². The SMILES string of the molecule is CC(C)(C)C.CC(C)C.CC(C)N=C=O.CCC.CCC.CCC(=O)CC.CCC(=O)CC(=O)CC.CCC(=O)N(C)C(=O)NC.CCC(=O)OC.CCN=C=O.CN(C)C.COC.COC(=O)C(C)N=C=O.COC(C)=O.CS(C)(=O)=O.CS(C)=O.CSC.Cn1c(=O)n(C)c(=O)n(C)c1=O. The van der Waals surface area contributed by atoms with Crippen LogP contribution >= 0.6 is 11.8 Å². The maximum atomic E-state index is 11.1. The fourth-order valence-electron chi connectivity index (χ4n) is 2.78. The molecule has 0 aliphatic heterocycles. The van der Waals surface area contributed by atoms with E-state index in [9.17, 15) is 75.0 Å². The second-order valence-electron chi connectivity index (χ2n) is 22.7. The van der Waals surface area contributed by atoms with Crippen molar-refractivity contribution in [3.63, 3.8) is 0 Å². The molecule has 0 aliphatic carbocycles. The summed E-state index contributed by atoms with van der Waals surface area (Å²) in [5.41, 5.74) is -1.32. The van der Waals surface area contributed by atoms with Crippen molar-refractivity contribution in [1.82, 2.24) is 28.8 Å². The van der Waals surface area contributed by atoms with Crippen molar-refractivity contribution in [2.75, 3.05) is 115 Å². The maximum absolute atomic E-state index is 11.1. The van der Waals surface area contributed by atoms with Crippen molar-refractivity contribution in [3.05, 3.63) is 31.5 Å². The molecule has 102 heavy (non-hydrogen) atoms. The molecule has 612 valence electrons. The molecule has 0 fully saturated rings. The molecule has 1 aromatic rings. The first-order valence-corrected chi connectivity index (χ1v) is 38.4. The number of urea groups is 1. The number of sulfone groups is 1. The number of amides is 3. The number of nitrogens with one attached hydrogen (secondary N) is 1. The van der Waals surface area contributed by atoms with Crippen molar-refractivity contribution in [2.45, 2.75) is 222 Å². The zero-order valence-corrected chi connectivity index (χ0v) is 73.6. The summed E-state index contributed by atoms with van der Waals surface area (Å²) in [7, 11) is 16.8. The third kappa shape index (κ3) is 212. The van der Waals surface area contributed by atoms with Gasteiger partial charge in [-0.15, -0.1) is 0 Å². The topological polar surface area (TPSA) is 397 Å². The number of thioether (sulfide) groups is 1. The molecule has 0 radical (unpaired) electrons. The van der Waals surface area contributed by atoms with Gasteiger partial charge in [-0.3, -0.25) is 37.9 Å². The molecule has 1 heterocycles. The Labute approximate surface area is 623 Å². The lowest BCUT2D eigenvalue weighted by atomic mass is 10.0. The Kier molecular flexibility index (Phi) is 146. The summed E-state index contributed by atoms with van der Waals surface area (Å²) in [6, 6.07) is -0.998. The van der Waals surface area contributed by atoms with Gasteiger partial charge in [-0.25, -0.2) is 70.5 Å². The average Bonchev–Trinajstić information content (AvgIpc) is 0.813. The molecule has 1 atom stereocenters. The number of aromatic nitrogens is 3. The van der Waals surface area contributed by atoms with E-state index in [1.54, 1.807) is 73.1 Å². The number of ether oxygens (including phenoxy) is 4. The zero-order valence-electron chi connectivity index (χ0n) is 71.2. The van der Waals surface area contributed by atoms with Gasteiger partial charge >= 0.3 is 41.0 Å². The molecule has 1 unspecified atom stereocenters. The van der Waals surface area contributed by atoms with Crippen LogP contribution in [-0.4, -0.2) is 229 Å². The monoisotopic (exact) mass is 1530 g/mol. The van der Waals surface area contributed by atoms with Gasteiger partial charge in [0.1, 0.15) is 27.2 Å². The van der Waals surface area contributed by atoms with Crippen molar-refractivity contribution in [1.29, 1.82) is 0 Å².